The van der Waals surface area contributed by atoms with Crippen molar-refractivity contribution in [3.8, 4) is 0 Å². The van der Waals surface area contributed by atoms with Gasteiger partial charge in [0.2, 0.25) is 0 Å². The van der Waals surface area contributed by atoms with Crippen LogP contribution in [0.5, 0.6) is 0 Å². The Bertz CT molecular complexity index is 133. The highest BCUT2D eigenvalue weighted by atomic mass is 15.2. The lowest BCUT2D eigenvalue weighted by molar-refractivity contribution is 0.0963. The molecule has 0 aromatic rings. The Balaban J connectivity index is 2.39. The average molecular weight is 183 g/mol. The molecule has 0 N–H and O–H groups in total. The van der Waals surface area contributed by atoms with Gasteiger partial charge in [-0.15, -0.1) is 0 Å². The van der Waals surface area contributed by atoms with E-state index in [9.17, 15) is 0 Å². The summed E-state index contributed by atoms with van der Waals surface area (Å²) in [6.45, 7) is 9.73. The number of likely N-dealkylation sites (tertiary alicyclic amines) is 1. The fraction of sp³-hybridized carbons (Fsp3) is 1.00. The summed E-state index contributed by atoms with van der Waals surface area (Å²) >= 11 is 0. The van der Waals surface area contributed by atoms with Crippen LogP contribution in [0.25, 0.3) is 0 Å². The summed E-state index contributed by atoms with van der Waals surface area (Å²) in [5.41, 5.74) is 0. The maximum Gasteiger partial charge on any atom is 0.0118 e. The predicted octanol–water partition coefficient (Wildman–Crippen LogP) is 3.30. The van der Waals surface area contributed by atoms with E-state index in [0.717, 1.165) is 12.0 Å². The lowest BCUT2D eigenvalue weighted by atomic mass is 9.89. The largest absolute Gasteiger partial charge is 0.300 e. The smallest absolute Gasteiger partial charge is 0.0118 e. The Labute approximate surface area is 83.5 Å². The zero-order chi connectivity index (χ0) is 9.68. The molecule has 2 atom stereocenters. The van der Waals surface area contributed by atoms with Crippen molar-refractivity contribution < 1.29 is 0 Å². The maximum absolute atomic E-state index is 2.72. The van der Waals surface area contributed by atoms with Crippen LogP contribution in [0.15, 0.2) is 0 Å². The average Bonchev–Trinajstić information content (AvgIpc) is 2.15. The Morgan fingerprint density at radius 2 is 2.08 bits per heavy atom. The SMILES string of the molecule is CCCCN1CCCC(C)C1CC. The molecule has 1 rings (SSSR count). The molecule has 0 aromatic carbocycles. The van der Waals surface area contributed by atoms with Gasteiger partial charge < -0.3 is 4.90 Å². The van der Waals surface area contributed by atoms with Crippen molar-refractivity contribution in [1.29, 1.82) is 0 Å². The third-order valence-electron chi connectivity index (χ3n) is 3.45. The first kappa shape index (κ1) is 11.0. The second kappa shape index (κ2) is 5.64. The molecule has 0 aromatic heterocycles. The molecule has 13 heavy (non-hydrogen) atoms. The first-order valence-corrected chi connectivity index (χ1v) is 6.03. The third kappa shape index (κ3) is 2.98. The van der Waals surface area contributed by atoms with E-state index >= 15 is 0 Å². The van der Waals surface area contributed by atoms with Crippen LogP contribution < -0.4 is 0 Å². The van der Waals surface area contributed by atoms with Crippen LogP contribution in [0.3, 0.4) is 0 Å². The van der Waals surface area contributed by atoms with Crippen LogP contribution in [0.4, 0.5) is 0 Å². The minimum atomic E-state index is 0.875. The molecule has 0 saturated carbocycles. The van der Waals surface area contributed by atoms with Gasteiger partial charge in [-0.1, -0.05) is 27.2 Å². The zero-order valence-corrected chi connectivity index (χ0v) is 9.55. The van der Waals surface area contributed by atoms with Gasteiger partial charge in [0.25, 0.3) is 0 Å². The number of unbranched alkanes of at least 4 members (excludes halogenated alkanes) is 1. The molecule has 1 saturated heterocycles. The highest BCUT2D eigenvalue weighted by molar-refractivity contribution is 4.80. The second-order valence-corrected chi connectivity index (χ2v) is 4.48. The summed E-state index contributed by atoms with van der Waals surface area (Å²) in [5, 5.41) is 0. The summed E-state index contributed by atoms with van der Waals surface area (Å²) in [6, 6.07) is 0.875. The summed E-state index contributed by atoms with van der Waals surface area (Å²) in [5.74, 6) is 0.926. The lowest BCUT2D eigenvalue weighted by Crippen LogP contribution is -2.44. The highest BCUT2D eigenvalue weighted by Crippen LogP contribution is 2.25. The fourth-order valence-corrected chi connectivity index (χ4v) is 2.63. The molecule has 0 aliphatic carbocycles. The van der Waals surface area contributed by atoms with Crippen LogP contribution in [-0.4, -0.2) is 24.0 Å². The number of piperidine rings is 1. The molecule has 1 aliphatic heterocycles. The molecule has 0 spiro atoms. The van der Waals surface area contributed by atoms with Crippen LogP contribution in [-0.2, 0) is 0 Å². The molecule has 2 unspecified atom stereocenters. The predicted molar refractivity (Wildman–Crippen MR) is 59.0 cm³/mol. The zero-order valence-electron chi connectivity index (χ0n) is 9.55. The standard InChI is InChI=1S/C12H25N/c1-4-6-9-13-10-7-8-11(3)12(13)5-2/h11-12H,4-10H2,1-3H3. The van der Waals surface area contributed by atoms with Crippen LogP contribution in [0.2, 0.25) is 0 Å². The van der Waals surface area contributed by atoms with E-state index in [1.165, 1.54) is 45.2 Å². The van der Waals surface area contributed by atoms with E-state index in [-0.39, 0.29) is 0 Å². The minimum absolute atomic E-state index is 0.875. The van der Waals surface area contributed by atoms with Crippen LogP contribution in [0, 0.1) is 5.92 Å². The van der Waals surface area contributed by atoms with Gasteiger partial charge in [-0.2, -0.15) is 0 Å². The topological polar surface area (TPSA) is 3.24 Å². The van der Waals surface area contributed by atoms with Crippen molar-refractivity contribution in [2.45, 2.75) is 58.9 Å². The first-order chi connectivity index (χ1) is 6.29. The molecule has 1 heteroatoms. The Morgan fingerprint density at radius 1 is 1.31 bits per heavy atom. The van der Waals surface area contributed by atoms with Gasteiger partial charge in [-0.25, -0.2) is 0 Å². The molecule has 0 amide bonds. The van der Waals surface area contributed by atoms with Gasteiger partial charge in [-0.3, -0.25) is 0 Å². The van der Waals surface area contributed by atoms with Crippen LogP contribution >= 0.6 is 0 Å². The number of rotatable bonds is 4. The molecule has 78 valence electrons. The minimum Gasteiger partial charge on any atom is -0.300 e. The Kier molecular flexibility index (Phi) is 4.79. The molecule has 0 radical (unpaired) electrons. The van der Waals surface area contributed by atoms with Crippen molar-refractivity contribution in [3.05, 3.63) is 0 Å². The van der Waals surface area contributed by atoms with Crippen molar-refractivity contribution in [1.82, 2.24) is 4.90 Å². The van der Waals surface area contributed by atoms with Crippen molar-refractivity contribution in [3.63, 3.8) is 0 Å². The second-order valence-electron chi connectivity index (χ2n) is 4.48. The van der Waals surface area contributed by atoms with Gasteiger partial charge in [-0.05, 0) is 44.7 Å². The Hall–Kier alpha value is -0.0400. The summed E-state index contributed by atoms with van der Waals surface area (Å²) in [4.78, 5) is 2.72. The van der Waals surface area contributed by atoms with Gasteiger partial charge in [0, 0.05) is 6.04 Å². The van der Waals surface area contributed by atoms with Crippen molar-refractivity contribution in [2.24, 2.45) is 5.92 Å². The monoisotopic (exact) mass is 183 g/mol. The normalized spacial score (nSPS) is 30.7. The fourth-order valence-electron chi connectivity index (χ4n) is 2.63. The number of hydrogen-bond acceptors (Lipinski definition) is 1. The van der Waals surface area contributed by atoms with Crippen molar-refractivity contribution >= 4 is 0 Å². The molecule has 0 bridgehead atoms. The van der Waals surface area contributed by atoms with Gasteiger partial charge in [0.1, 0.15) is 0 Å². The van der Waals surface area contributed by atoms with E-state index in [4.69, 9.17) is 0 Å². The summed E-state index contributed by atoms with van der Waals surface area (Å²) in [7, 11) is 0. The lowest BCUT2D eigenvalue weighted by Gasteiger charge is -2.39. The van der Waals surface area contributed by atoms with Crippen LogP contribution in [0.1, 0.15) is 52.9 Å². The van der Waals surface area contributed by atoms with Gasteiger partial charge >= 0.3 is 0 Å². The molecular weight excluding hydrogens is 158 g/mol. The number of nitrogens with zero attached hydrogens (tertiary/aromatic N) is 1. The summed E-state index contributed by atoms with van der Waals surface area (Å²) in [6.07, 6.45) is 6.91. The maximum atomic E-state index is 2.72. The molecule has 1 aliphatic rings. The molecular formula is C12H25N. The molecule has 1 nitrogen and oxygen atoms in total. The Morgan fingerprint density at radius 3 is 2.69 bits per heavy atom. The van der Waals surface area contributed by atoms with E-state index in [1.807, 2.05) is 0 Å². The number of hydrogen-bond donors (Lipinski definition) is 0. The van der Waals surface area contributed by atoms with E-state index in [0.29, 0.717) is 0 Å². The quantitative estimate of drug-likeness (QED) is 0.646. The molecule has 1 heterocycles. The molecule has 1 fully saturated rings. The van der Waals surface area contributed by atoms with Gasteiger partial charge in [0.15, 0.2) is 0 Å². The first-order valence-electron chi connectivity index (χ1n) is 6.03. The van der Waals surface area contributed by atoms with E-state index in [2.05, 4.69) is 25.7 Å². The van der Waals surface area contributed by atoms with Crippen molar-refractivity contribution in [2.75, 3.05) is 13.1 Å². The van der Waals surface area contributed by atoms with E-state index in [1.54, 1.807) is 0 Å². The third-order valence-corrected chi connectivity index (χ3v) is 3.45. The summed E-state index contributed by atoms with van der Waals surface area (Å²) < 4.78 is 0. The highest BCUT2D eigenvalue weighted by Gasteiger charge is 2.25. The van der Waals surface area contributed by atoms with E-state index < -0.39 is 0 Å². The van der Waals surface area contributed by atoms with Gasteiger partial charge in [0.05, 0.1) is 0 Å².